The Morgan fingerprint density at radius 3 is 2.39 bits per heavy atom. The van der Waals surface area contributed by atoms with E-state index in [1.54, 1.807) is 4.90 Å². The summed E-state index contributed by atoms with van der Waals surface area (Å²) < 4.78 is 6.96. The van der Waals surface area contributed by atoms with E-state index in [-0.39, 0.29) is 11.7 Å². The summed E-state index contributed by atoms with van der Waals surface area (Å²) in [6.45, 7) is 8.42. The second-order valence-corrected chi connectivity index (χ2v) is 8.27. The van der Waals surface area contributed by atoms with E-state index in [0.717, 1.165) is 11.2 Å². The molecule has 1 aliphatic rings. The molecular formula is C20H27ClN4O3. The maximum absolute atomic E-state index is 12.7. The molecule has 7 nitrogen and oxygen atoms in total. The van der Waals surface area contributed by atoms with E-state index in [0.29, 0.717) is 50.4 Å². The number of anilines is 1. The first-order chi connectivity index (χ1) is 13.3. The Balaban J connectivity index is 1.83. The maximum atomic E-state index is 12.7. The van der Waals surface area contributed by atoms with Gasteiger partial charge in [0.25, 0.3) is 5.56 Å². The lowest BCUT2D eigenvalue weighted by atomic mass is 10.1. The molecule has 1 fully saturated rings. The highest BCUT2D eigenvalue weighted by molar-refractivity contribution is 6.17. The zero-order valence-corrected chi connectivity index (χ0v) is 17.4. The minimum Gasteiger partial charge on any atom is -0.444 e. The number of hydrogen-bond acceptors (Lipinski definition) is 5. The van der Waals surface area contributed by atoms with Gasteiger partial charge >= 0.3 is 6.09 Å². The summed E-state index contributed by atoms with van der Waals surface area (Å²) in [7, 11) is 0. The van der Waals surface area contributed by atoms with Crippen molar-refractivity contribution in [2.24, 2.45) is 0 Å². The first-order valence-corrected chi connectivity index (χ1v) is 10.1. The quantitative estimate of drug-likeness (QED) is 0.730. The van der Waals surface area contributed by atoms with Gasteiger partial charge in [-0.1, -0.05) is 18.2 Å². The summed E-state index contributed by atoms with van der Waals surface area (Å²) in [5.41, 5.74) is -0.610. The second-order valence-electron chi connectivity index (χ2n) is 7.89. The fourth-order valence-electron chi connectivity index (χ4n) is 3.24. The third kappa shape index (κ3) is 4.58. The molecule has 1 amide bonds. The number of carbonyl (C=O) groups is 1. The van der Waals surface area contributed by atoms with Crippen LogP contribution in [0.2, 0.25) is 0 Å². The van der Waals surface area contributed by atoms with Crippen LogP contribution >= 0.6 is 11.6 Å². The second kappa shape index (κ2) is 8.39. The number of piperazine rings is 1. The summed E-state index contributed by atoms with van der Waals surface area (Å²) >= 11 is 5.80. The van der Waals surface area contributed by atoms with Gasteiger partial charge in [0.15, 0.2) is 5.82 Å². The lowest BCUT2D eigenvalue weighted by Gasteiger charge is -2.36. The number of rotatable bonds is 4. The molecule has 0 aliphatic carbocycles. The van der Waals surface area contributed by atoms with Crippen molar-refractivity contribution in [3.8, 4) is 0 Å². The number of aryl methyl sites for hydroxylation is 1. The summed E-state index contributed by atoms with van der Waals surface area (Å²) in [6, 6.07) is 7.52. The van der Waals surface area contributed by atoms with Gasteiger partial charge in [0.05, 0.1) is 5.39 Å². The number of alkyl halides is 1. The van der Waals surface area contributed by atoms with E-state index < -0.39 is 5.60 Å². The largest absolute Gasteiger partial charge is 0.444 e. The highest BCUT2D eigenvalue weighted by atomic mass is 35.5. The fourth-order valence-corrected chi connectivity index (χ4v) is 3.36. The predicted octanol–water partition coefficient (Wildman–Crippen LogP) is 3.08. The van der Waals surface area contributed by atoms with E-state index >= 15 is 0 Å². The number of nitrogens with zero attached hydrogens (tertiary/aromatic N) is 4. The average Bonchev–Trinajstić information content (AvgIpc) is 2.66. The van der Waals surface area contributed by atoms with Crippen LogP contribution in [0.4, 0.5) is 10.6 Å². The molecule has 1 aromatic heterocycles. The molecule has 0 atom stereocenters. The Hall–Kier alpha value is -2.28. The van der Waals surface area contributed by atoms with Crippen LogP contribution in [0.25, 0.3) is 10.8 Å². The highest BCUT2D eigenvalue weighted by Crippen LogP contribution is 2.23. The number of amides is 1. The number of carbonyl (C=O) groups excluding carboxylic acids is 1. The number of halogens is 1. The van der Waals surface area contributed by atoms with Crippen LogP contribution in [0.1, 0.15) is 27.2 Å². The summed E-state index contributed by atoms with van der Waals surface area (Å²) in [4.78, 5) is 28.9. The van der Waals surface area contributed by atoms with E-state index in [9.17, 15) is 9.59 Å². The summed E-state index contributed by atoms with van der Waals surface area (Å²) in [6.07, 6.45) is 0.385. The zero-order valence-electron chi connectivity index (χ0n) is 16.7. The van der Waals surface area contributed by atoms with Crippen molar-refractivity contribution >= 4 is 34.3 Å². The molecule has 0 radical (unpaired) electrons. The van der Waals surface area contributed by atoms with Crippen LogP contribution in [0.5, 0.6) is 0 Å². The van der Waals surface area contributed by atoms with Gasteiger partial charge in [-0.15, -0.1) is 11.6 Å². The van der Waals surface area contributed by atoms with Gasteiger partial charge in [-0.2, -0.15) is 5.10 Å². The monoisotopic (exact) mass is 406 g/mol. The van der Waals surface area contributed by atoms with Gasteiger partial charge in [-0.25, -0.2) is 9.48 Å². The lowest BCUT2D eigenvalue weighted by molar-refractivity contribution is 0.0240. The molecule has 1 aromatic carbocycles. The standard InChI is InChI=1S/C20H27ClN4O3/c1-20(2,3)28-19(27)24-13-11-23(12-14-24)17-15-7-4-5-8-16(15)18(26)25(22-17)10-6-9-21/h4-5,7-8H,6,9-14H2,1-3H3. The van der Waals surface area contributed by atoms with Gasteiger partial charge in [0.2, 0.25) is 0 Å². The molecular weight excluding hydrogens is 380 g/mol. The molecule has 2 aromatic rings. The van der Waals surface area contributed by atoms with Crippen molar-refractivity contribution in [2.75, 3.05) is 37.0 Å². The minimum absolute atomic E-state index is 0.100. The van der Waals surface area contributed by atoms with E-state index in [1.165, 1.54) is 4.68 Å². The SMILES string of the molecule is CC(C)(C)OC(=O)N1CCN(c2nn(CCCCl)c(=O)c3ccccc23)CC1. The molecule has 8 heteroatoms. The lowest BCUT2D eigenvalue weighted by Crippen LogP contribution is -2.50. The summed E-state index contributed by atoms with van der Waals surface area (Å²) in [5.74, 6) is 1.25. The number of aromatic nitrogens is 2. The molecule has 2 heterocycles. The van der Waals surface area contributed by atoms with Crippen LogP contribution in [0.15, 0.2) is 29.1 Å². The Morgan fingerprint density at radius 1 is 1.14 bits per heavy atom. The molecule has 28 heavy (non-hydrogen) atoms. The van der Waals surface area contributed by atoms with Crippen LogP contribution in [-0.4, -0.2) is 58.4 Å². The number of ether oxygens (including phenoxy) is 1. The maximum Gasteiger partial charge on any atom is 0.410 e. The molecule has 1 saturated heterocycles. The van der Waals surface area contributed by atoms with Crippen molar-refractivity contribution in [1.82, 2.24) is 14.7 Å². The van der Waals surface area contributed by atoms with E-state index in [1.807, 2.05) is 45.0 Å². The molecule has 0 N–H and O–H groups in total. The van der Waals surface area contributed by atoms with Gasteiger partial charge in [-0.05, 0) is 33.3 Å². The van der Waals surface area contributed by atoms with Crippen molar-refractivity contribution < 1.29 is 9.53 Å². The number of benzene rings is 1. The molecule has 0 spiro atoms. The third-order valence-corrected chi connectivity index (χ3v) is 4.85. The van der Waals surface area contributed by atoms with Crippen molar-refractivity contribution in [3.05, 3.63) is 34.6 Å². The topological polar surface area (TPSA) is 67.7 Å². The van der Waals surface area contributed by atoms with Crippen LogP contribution in [0.3, 0.4) is 0 Å². The van der Waals surface area contributed by atoms with E-state index in [4.69, 9.17) is 16.3 Å². The van der Waals surface area contributed by atoms with Crippen molar-refractivity contribution in [3.63, 3.8) is 0 Å². The van der Waals surface area contributed by atoms with Crippen LogP contribution in [-0.2, 0) is 11.3 Å². The number of hydrogen-bond donors (Lipinski definition) is 0. The Morgan fingerprint density at radius 2 is 1.79 bits per heavy atom. The van der Waals surface area contributed by atoms with Crippen LogP contribution in [0, 0.1) is 0 Å². The van der Waals surface area contributed by atoms with Gasteiger partial charge in [-0.3, -0.25) is 4.79 Å². The Bertz CT molecular complexity index is 898. The first-order valence-electron chi connectivity index (χ1n) is 9.59. The first kappa shape index (κ1) is 20.5. The minimum atomic E-state index is -0.510. The molecule has 1 aliphatic heterocycles. The summed E-state index contributed by atoms with van der Waals surface area (Å²) in [5, 5.41) is 6.11. The highest BCUT2D eigenvalue weighted by Gasteiger charge is 2.27. The predicted molar refractivity (Wildman–Crippen MR) is 111 cm³/mol. The number of fused-ring (bicyclic) bond motifs is 1. The average molecular weight is 407 g/mol. The Kier molecular flexibility index (Phi) is 6.13. The normalized spacial score (nSPS) is 15.1. The van der Waals surface area contributed by atoms with Gasteiger partial charge in [0, 0.05) is 44.0 Å². The smallest absolute Gasteiger partial charge is 0.410 e. The molecule has 0 bridgehead atoms. The Labute approximate surface area is 169 Å². The zero-order chi connectivity index (χ0) is 20.3. The third-order valence-electron chi connectivity index (χ3n) is 4.58. The van der Waals surface area contributed by atoms with Crippen LogP contribution < -0.4 is 10.5 Å². The molecule has 0 saturated carbocycles. The van der Waals surface area contributed by atoms with Gasteiger partial charge < -0.3 is 14.5 Å². The molecule has 3 rings (SSSR count). The molecule has 152 valence electrons. The molecule has 0 unspecified atom stereocenters. The van der Waals surface area contributed by atoms with Gasteiger partial charge in [0.1, 0.15) is 5.60 Å². The van der Waals surface area contributed by atoms with Crippen molar-refractivity contribution in [1.29, 1.82) is 0 Å². The van der Waals surface area contributed by atoms with E-state index in [2.05, 4.69) is 10.00 Å². The fraction of sp³-hybridized carbons (Fsp3) is 0.550. The van der Waals surface area contributed by atoms with Crippen molar-refractivity contribution in [2.45, 2.75) is 39.3 Å².